The molecule has 134 valence electrons. The van der Waals surface area contributed by atoms with Gasteiger partial charge in [-0.1, -0.05) is 12.1 Å². The number of benzene rings is 1. The summed E-state index contributed by atoms with van der Waals surface area (Å²) in [6.45, 7) is 1.49. The number of methoxy groups -OCH3 is 1. The molecule has 1 saturated heterocycles. The van der Waals surface area contributed by atoms with Gasteiger partial charge in [0, 0.05) is 6.54 Å². The number of piperidine rings is 1. The van der Waals surface area contributed by atoms with Crippen LogP contribution < -0.4 is 4.90 Å². The molecule has 1 amide bonds. The van der Waals surface area contributed by atoms with Gasteiger partial charge in [0.25, 0.3) is 0 Å². The minimum Gasteiger partial charge on any atom is -0.469 e. The number of hydrogen-bond donors (Lipinski definition) is 0. The van der Waals surface area contributed by atoms with Crippen molar-refractivity contribution in [3.05, 3.63) is 30.1 Å². The number of esters is 1. The van der Waals surface area contributed by atoms with Gasteiger partial charge in [-0.3, -0.25) is 14.5 Å². The number of nitriles is 1. The van der Waals surface area contributed by atoms with E-state index in [-0.39, 0.29) is 43.0 Å². The molecule has 1 aromatic rings. The van der Waals surface area contributed by atoms with Gasteiger partial charge in [-0.2, -0.15) is 5.26 Å². The van der Waals surface area contributed by atoms with E-state index < -0.39 is 5.82 Å². The number of carbonyl (C=O) groups is 2. The largest absolute Gasteiger partial charge is 0.469 e. The van der Waals surface area contributed by atoms with Crippen molar-refractivity contribution < 1.29 is 18.7 Å². The van der Waals surface area contributed by atoms with Crippen LogP contribution in [-0.2, 0) is 14.3 Å². The molecule has 1 aliphatic heterocycles. The third kappa shape index (κ3) is 5.00. The Balaban J connectivity index is 2.00. The third-order valence-corrected chi connectivity index (χ3v) is 4.37. The molecule has 0 atom stereocenters. The van der Waals surface area contributed by atoms with Crippen molar-refractivity contribution in [3.63, 3.8) is 0 Å². The van der Waals surface area contributed by atoms with Crippen LogP contribution in [0.5, 0.6) is 0 Å². The maximum absolute atomic E-state index is 14.0. The molecule has 2 rings (SSSR count). The fourth-order valence-corrected chi connectivity index (χ4v) is 2.98. The van der Waals surface area contributed by atoms with Gasteiger partial charge >= 0.3 is 5.97 Å². The van der Waals surface area contributed by atoms with E-state index in [1.165, 1.54) is 24.1 Å². The van der Waals surface area contributed by atoms with Crippen LogP contribution in [0.15, 0.2) is 24.3 Å². The number of likely N-dealkylation sites (tertiary alicyclic amines) is 1. The van der Waals surface area contributed by atoms with Crippen molar-refractivity contribution in [2.45, 2.75) is 19.3 Å². The molecular weight excluding hydrogens is 325 g/mol. The number of halogens is 1. The van der Waals surface area contributed by atoms with Crippen LogP contribution in [0.3, 0.4) is 0 Å². The number of para-hydroxylation sites is 1. The van der Waals surface area contributed by atoms with Gasteiger partial charge < -0.3 is 9.64 Å². The highest BCUT2D eigenvalue weighted by atomic mass is 19.1. The summed E-state index contributed by atoms with van der Waals surface area (Å²) in [7, 11) is 1.37. The second kappa shape index (κ2) is 9.14. The van der Waals surface area contributed by atoms with Crippen LogP contribution in [0, 0.1) is 23.1 Å². The SMILES string of the molecule is COC(=O)C1CCN(CC(=O)N(CCC#N)c2ccccc2F)CC1. The average Bonchev–Trinajstić information content (AvgIpc) is 2.63. The van der Waals surface area contributed by atoms with Gasteiger partial charge in [-0.15, -0.1) is 0 Å². The fraction of sp³-hybridized carbons (Fsp3) is 0.500. The quantitative estimate of drug-likeness (QED) is 0.736. The first-order valence-corrected chi connectivity index (χ1v) is 8.28. The standard InChI is InChI=1S/C18H22FN3O3/c1-25-18(24)14-7-11-21(12-8-14)13-17(23)22(10-4-9-20)16-6-3-2-5-15(16)19/h2-3,5-6,14H,4,7-8,10-13H2,1H3. The van der Waals surface area contributed by atoms with E-state index in [4.69, 9.17) is 10.00 Å². The topological polar surface area (TPSA) is 73.6 Å². The first kappa shape index (κ1) is 18.9. The summed E-state index contributed by atoms with van der Waals surface area (Å²) in [6, 6.07) is 8.04. The van der Waals surface area contributed by atoms with Crippen LogP contribution in [0.25, 0.3) is 0 Å². The fourth-order valence-electron chi connectivity index (χ4n) is 2.98. The van der Waals surface area contributed by atoms with E-state index in [9.17, 15) is 14.0 Å². The number of carbonyl (C=O) groups excluding carboxylic acids is 2. The summed E-state index contributed by atoms with van der Waals surface area (Å²) in [4.78, 5) is 27.5. The van der Waals surface area contributed by atoms with E-state index in [2.05, 4.69) is 0 Å². The van der Waals surface area contributed by atoms with E-state index in [1.54, 1.807) is 12.1 Å². The van der Waals surface area contributed by atoms with Gasteiger partial charge in [0.1, 0.15) is 5.82 Å². The molecule has 0 unspecified atom stereocenters. The molecule has 6 nitrogen and oxygen atoms in total. The zero-order valence-electron chi connectivity index (χ0n) is 14.3. The van der Waals surface area contributed by atoms with E-state index in [1.807, 2.05) is 11.0 Å². The molecule has 0 aliphatic carbocycles. The van der Waals surface area contributed by atoms with E-state index in [0.29, 0.717) is 25.9 Å². The Morgan fingerprint density at radius 1 is 1.36 bits per heavy atom. The van der Waals surface area contributed by atoms with Crippen molar-refractivity contribution in [2.75, 3.05) is 38.2 Å². The Kier molecular flexibility index (Phi) is 6.90. The number of hydrogen-bond acceptors (Lipinski definition) is 5. The molecule has 1 fully saturated rings. The third-order valence-electron chi connectivity index (χ3n) is 4.37. The highest BCUT2D eigenvalue weighted by Crippen LogP contribution is 2.21. The molecule has 1 aliphatic rings. The lowest BCUT2D eigenvalue weighted by molar-refractivity contribution is -0.147. The van der Waals surface area contributed by atoms with Crippen molar-refractivity contribution in [1.82, 2.24) is 4.90 Å². The van der Waals surface area contributed by atoms with E-state index in [0.717, 1.165) is 0 Å². The molecule has 0 bridgehead atoms. The Labute approximate surface area is 146 Å². The highest BCUT2D eigenvalue weighted by molar-refractivity contribution is 5.95. The number of ether oxygens (including phenoxy) is 1. The Morgan fingerprint density at radius 3 is 2.64 bits per heavy atom. The first-order chi connectivity index (χ1) is 12.1. The van der Waals surface area contributed by atoms with Gasteiger partial charge in [0.15, 0.2) is 0 Å². The number of amides is 1. The number of rotatable bonds is 6. The molecule has 0 radical (unpaired) electrons. The Hall–Kier alpha value is -2.46. The first-order valence-electron chi connectivity index (χ1n) is 8.28. The summed E-state index contributed by atoms with van der Waals surface area (Å²) < 4.78 is 18.8. The van der Waals surface area contributed by atoms with Gasteiger partial charge in [-0.05, 0) is 38.1 Å². The second-order valence-corrected chi connectivity index (χ2v) is 5.98. The van der Waals surface area contributed by atoms with Crippen LogP contribution in [0.2, 0.25) is 0 Å². The summed E-state index contributed by atoms with van der Waals surface area (Å²) in [5.74, 6) is -1.08. The predicted molar refractivity (Wildman–Crippen MR) is 90.2 cm³/mol. The van der Waals surface area contributed by atoms with Crippen molar-refractivity contribution in [2.24, 2.45) is 5.92 Å². The van der Waals surface area contributed by atoms with Crippen LogP contribution in [0.4, 0.5) is 10.1 Å². The highest BCUT2D eigenvalue weighted by Gasteiger charge is 2.28. The molecule has 1 aromatic carbocycles. The molecule has 0 spiro atoms. The Morgan fingerprint density at radius 2 is 2.04 bits per heavy atom. The minimum absolute atomic E-state index is 0.127. The van der Waals surface area contributed by atoms with Gasteiger partial charge in [0.05, 0.1) is 37.7 Å². The predicted octanol–water partition coefficient (Wildman–Crippen LogP) is 1.96. The summed E-state index contributed by atoms with van der Waals surface area (Å²) >= 11 is 0. The lowest BCUT2D eigenvalue weighted by Gasteiger charge is -2.32. The molecule has 25 heavy (non-hydrogen) atoms. The molecule has 7 heteroatoms. The van der Waals surface area contributed by atoms with Crippen molar-refractivity contribution >= 4 is 17.6 Å². The second-order valence-electron chi connectivity index (χ2n) is 5.98. The smallest absolute Gasteiger partial charge is 0.308 e. The minimum atomic E-state index is -0.488. The maximum Gasteiger partial charge on any atom is 0.308 e. The zero-order chi connectivity index (χ0) is 18.2. The maximum atomic E-state index is 14.0. The number of anilines is 1. The molecule has 0 N–H and O–H groups in total. The molecule has 0 aromatic heterocycles. The van der Waals surface area contributed by atoms with Crippen LogP contribution in [0.1, 0.15) is 19.3 Å². The van der Waals surface area contributed by atoms with Crippen molar-refractivity contribution in [3.8, 4) is 6.07 Å². The summed E-state index contributed by atoms with van der Waals surface area (Å²) in [6.07, 6.45) is 1.40. The lowest BCUT2D eigenvalue weighted by Crippen LogP contribution is -2.45. The van der Waals surface area contributed by atoms with Crippen LogP contribution in [-0.4, -0.2) is 50.1 Å². The molecule has 1 heterocycles. The summed E-state index contributed by atoms with van der Waals surface area (Å²) in [5, 5.41) is 8.80. The normalized spacial score (nSPS) is 15.4. The zero-order valence-corrected chi connectivity index (χ0v) is 14.3. The summed E-state index contributed by atoms with van der Waals surface area (Å²) in [5.41, 5.74) is 0.187. The van der Waals surface area contributed by atoms with Gasteiger partial charge in [-0.25, -0.2) is 4.39 Å². The van der Waals surface area contributed by atoms with Gasteiger partial charge in [0.2, 0.25) is 5.91 Å². The van der Waals surface area contributed by atoms with Crippen molar-refractivity contribution in [1.29, 1.82) is 5.26 Å². The lowest BCUT2D eigenvalue weighted by atomic mass is 9.97. The monoisotopic (exact) mass is 347 g/mol. The molecule has 0 saturated carbocycles. The van der Waals surface area contributed by atoms with E-state index >= 15 is 0 Å². The average molecular weight is 347 g/mol. The Bertz CT molecular complexity index is 651. The number of nitrogens with zero attached hydrogens (tertiary/aromatic N) is 3. The molecular formula is C18H22FN3O3. The van der Waals surface area contributed by atoms with Crippen LogP contribution >= 0.6 is 0 Å².